The van der Waals surface area contributed by atoms with Crippen LogP contribution in [-0.4, -0.2) is 30.0 Å². The third kappa shape index (κ3) is 3.50. The molecule has 0 saturated heterocycles. The fourth-order valence-corrected chi connectivity index (χ4v) is 2.34. The summed E-state index contributed by atoms with van der Waals surface area (Å²) in [6.07, 6.45) is 5.98. The Kier molecular flexibility index (Phi) is 4.85. The standard InChI is InChI=1S/C14H19FN2O2/c1-2-19-14-13(15)11(7-8-16-14)12(18)9-17-10-5-3-4-6-10/h7-8,10,17H,2-6,9H2,1H3. The molecule has 104 valence electrons. The van der Waals surface area contributed by atoms with E-state index in [4.69, 9.17) is 4.74 Å². The molecule has 1 N–H and O–H groups in total. The normalized spacial score (nSPS) is 15.7. The second-order valence-corrected chi connectivity index (χ2v) is 4.70. The van der Waals surface area contributed by atoms with Crippen molar-refractivity contribution >= 4 is 5.78 Å². The van der Waals surface area contributed by atoms with Crippen molar-refractivity contribution in [2.24, 2.45) is 0 Å². The van der Waals surface area contributed by atoms with E-state index < -0.39 is 5.82 Å². The summed E-state index contributed by atoms with van der Waals surface area (Å²) < 4.78 is 19.0. The molecule has 0 aromatic carbocycles. The summed E-state index contributed by atoms with van der Waals surface area (Å²) in [6.45, 7) is 2.23. The minimum absolute atomic E-state index is 0.0453. The largest absolute Gasteiger partial charge is 0.476 e. The summed E-state index contributed by atoms with van der Waals surface area (Å²) in [6, 6.07) is 1.79. The number of pyridine rings is 1. The predicted octanol–water partition coefficient (Wildman–Crippen LogP) is 2.33. The van der Waals surface area contributed by atoms with E-state index in [2.05, 4.69) is 10.3 Å². The van der Waals surface area contributed by atoms with Gasteiger partial charge in [0.15, 0.2) is 11.6 Å². The van der Waals surface area contributed by atoms with Gasteiger partial charge in [-0.25, -0.2) is 9.37 Å². The topological polar surface area (TPSA) is 51.2 Å². The van der Waals surface area contributed by atoms with Crippen LogP contribution in [0.3, 0.4) is 0 Å². The van der Waals surface area contributed by atoms with Gasteiger partial charge in [-0.05, 0) is 25.8 Å². The first-order valence-corrected chi connectivity index (χ1v) is 6.76. The Morgan fingerprint density at radius 1 is 1.53 bits per heavy atom. The van der Waals surface area contributed by atoms with Crippen LogP contribution in [0.25, 0.3) is 0 Å². The Labute approximate surface area is 112 Å². The maximum atomic E-state index is 14.0. The van der Waals surface area contributed by atoms with Crippen molar-refractivity contribution in [1.29, 1.82) is 0 Å². The van der Waals surface area contributed by atoms with Gasteiger partial charge in [-0.15, -0.1) is 0 Å². The first-order chi connectivity index (χ1) is 9.22. The van der Waals surface area contributed by atoms with Crippen LogP contribution in [-0.2, 0) is 0 Å². The number of nitrogens with zero attached hydrogens (tertiary/aromatic N) is 1. The summed E-state index contributed by atoms with van der Waals surface area (Å²) in [5.41, 5.74) is 0.0453. The van der Waals surface area contributed by atoms with Crippen LogP contribution in [0, 0.1) is 5.82 Å². The van der Waals surface area contributed by atoms with E-state index in [9.17, 15) is 9.18 Å². The number of carbonyl (C=O) groups excluding carboxylic acids is 1. The number of Topliss-reactive ketones (excluding diaryl/α,β-unsaturated/α-hetero) is 1. The van der Waals surface area contributed by atoms with Crippen molar-refractivity contribution in [3.63, 3.8) is 0 Å². The first-order valence-electron chi connectivity index (χ1n) is 6.76. The predicted molar refractivity (Wildman–Crippen MR) is 70.0 cm³/mol. The number of ketones is 1. The van der Waals surface area contributed by atoms with Crippen molar-refractivity contribution in [2.45, 2.75) is 38.6 Å². The third-order valence-corrected chi connectivity index (χ3v) is 3.35. The molecule has 1 aromatic rings. The number of aromatic nitrogens is 1. The van der Waals surface area contributed by atoms with Crippen LogP contribution < -0.4 is 10.1 Å². The lowest BCUT2D eigenvalue weighted by Crippen LogP contribution is -2.31. The van der Waals surface area contributed by atoms with Crippen LogP contribution in [0.2, 0.25) is 0 Å². The third-order valence-electron chi connectivity index (χ3n) is 3.35. The van der Waals surface area contributed by atoms with Gasteiger partial charge in [0, 0.05) is 12.2 Å². The Hall–Kier alpha value is -1.49. The number of rotatable bonds is 6. The van der Waals surface area contributed by atoms with E-state index in [1.165, 1.54) is 25.1 Å². The number of carbonyl (C=O) groups is 1. The highest BCUT2D eigenvalue weighted by Crippen LogP contribution is 2.19. The molecule has 1 aliphatic rings. The number of nitrogens with one attached hydrogen (secondary N) is 1. The Morgan fingerprint density at radius 3 is 2.95 bits per heavy atom. The average Bonchev–Trinajstić information content (AvgIpc) is 2.92. The molecule has 1 saturated carbocycles. The van der Waals surface area contributed by atoms with Crippen molar-refractivity contribution in [3.05, 3.63) is 23.6 Å². The highest BCUT2D eigenvalue weighted by atomic mass is 19.1. The number of ether oxygens (including phenoxy) is 1. The lowest BCUT2D eigenvalue weighted by Gasteiger charge is -2.11. The molecule has 0 atom stereocenters. The molecule has 19 heavy (non-hydrogen) atoms. The van der Waals surface area contributed by atoms with Gasteiger partial charge < -0.3 is 10.1 Å². The maximum Gasteiger partial charge on any atom is 0.251 e. The van der Waals surface area contributed by atoms with Gasteiger partial charge in [0.05, 0.1) is 18.7 Å². The minimum Gasteiger partial charge on any atom is -0.476 e. The summed E-state index contributed by atoms with van der Waals surface area (Å²) in [5.74, 6) is -1.02. The van der Waals surface area contributed by atoms with Crippen LogP contribution in [0.5, 0.6) is 5.88 Å². The van der Waals surface area contributed by atoms with Crippen LogP contribution in [0.4, 0.5) is 4.39 Å². The fraction of sp³-hybridized carbons (Fsp3) is 0.571. The number of halogens is 1. The summed E-state index contributed by atoms with van der Waals surface area (Å²) >= 11 is 0. The van der Waals surface area contributed by atoms with Gasteiger partial charge in [-0.2, -0.15) is 0 Å². The molecule has 0 spiro atoms. The van der Waals surface area contributed by atoms with E-state index in [0.717, 1.165) is 12.8 Å². The highest BCUT2D eigenvalue weighted by molar-refractivity contribution is 5.98. The lowest BCUT2D eigenvalue weighted by molar-refractivity contribution is 0.0982. The van der Waals surface area contributed by atoms with E-state index in [1.54, 1.807) is 6.92 Å². The van der Waals surface area contributed by atoms with Gasteiger partial charge in [0.2, 0.25) is 0 Å². The average molecular weight is 266 g/mol. The van der Waals surface area contributed by atoms with E-state index in [-0.39, 0.29) is 23.8 Å². The summed E-state index contributed by atoms with van der Waals surface area (Å²) in [7, 11) is 0. The molecule has 1 fully saturated rings. The second-order valence-electron chi connectivity index (χ2n) is 4.70. The number of hydrogen-bond donors (Lipinski definition) is 1. The molecule has 0 radical (unpaired) electrons. The molecule has 1 aromatic heterocycles. The SMILES string of the molecule is CCOc1nccc(C(=O)CNC2CCCC2)c1F. The van der Waals surface area contributed by atoms with Gasteiger partial charge >= 0.3 is 0 Å². The molecule has 2 rings (SSSR count). The van der Waals surface area contributed by atoms with Crippen LogP contribution >= 0.6 is 0 Å². The van der Waals surface area contributed by atoms with Crippen molar-refractivity contribution in [2.75, 3.05) is 13.2 Å². The zero-order valence-electron chi connectivity index (χ0n) is 11.1. The van der Waals surface area contributed by atoms with Gasteiger partial charge in [-0.3, -0.25) is 4.79 Å². The first kappa shape index (κ1) is 13.9. The zero-order chi connectivity index (χ0) is 13.7. The zero-order valence-corrected chi connectivity index (χ0v) is 11.1. The molecular weight excluding hydrogens is 247 g/mol. The van der Waals surface area contributed by atoms with Gasteiger partial charge in [0.1, 0.15) is 0 Å². The van der Waals surface area contributed by atoms with E-state index >= 15 is 0 Å². The molecule has 0 aliphatic heterocycles. The van der Waals surface area contributed by atoms with Gasteiger partial charge in [0.25, 0.3) is 5.88 Å². The molecule has 0 bridgehead atoms. The number of hydrogen-bond acceptors (Lipinski definition) is 4. The summed E-state index contributed by atoms with van der Waals surface area (Å²) in [4.78, 5) is 15.8. The molecule has 1 aliphatic carbocycles. The Morgan fingerprint density at radius 2 is 2.26 bits per heavy atom. The molecule has 4 nitrogen and oxygen atoms in total. The molecule has 0 amide bonds. The Balaban J connectivity index is 1.99. The lowest BCUT2D eigenvalue weighted by atomic mass is 10.1. The van der Waals surface area contributed by atoms with Crippen LogP contribution in [0.15, 0.2) is 12.3 Å². The van der Waals surface area contributed by atoms with Crippen LogP contribution in [0.1, 0.15) is 43.0 Å². The Bertz CT molecular complexity index is 445. The second kappa shape index (κ2) is 6.61. The van der Waals surface area contributed by atoms with E-state index in [1.807, 2.05) is 0 Å². The molecular formula is C14H19FN2O2. The van der Waals surface area contributed by atoms with E-state index in [0.29, 0.717) is 12.6 Å². The molecule has 1 heterocycles. The van der Waals surface area contributed by atoms with Crippen molar-refractivity contribution in [3.8, 4) is 5.88 Å². The molecule has 5 heteroatoms. The van der Waals surface area contributed by atoms with Crippen molar-refractivity contribution in [1.82, 2.24) is 10.3 Å². The molecule has 0 unspecified atom stereocenters. The van der Waals surface area contributed by atoms with Gasteiger partial charge in [-0.1, -0.05) is 12.8 Å². The minimum atomic E-state index is -0.664. The fourth-order valence-electron chi connectivity index (χ4n) is 2.34. The highest BCUT2D eigenvalue weighted by Gasteiger charge is 2.19. The van der Waals surface area contributed by atoms with Crippen molar-refractivity contribution < 1.29 is 13.9 Å². The smallest absolute Gasteiger partial charge is 0.251 e. The quantitative estimate of drug-likeness (QED) is 0.803. The summed E-state index contributed by atoms with van der Waals surface area (Å²) in [5, 5.41) is 3.18. The monoisotopic (exact) mass is 266 g/mol. The maximum absolute atomic E-state index is 14.0.